The van der Waals surface area contributed by atoms with E-state index in [4.69, 9.17) is 11.6 Å². The maximum absolute atomic E-state index is 6.15. The summed E-state index contributed by atoms with van der Waals surface area (Å²) < 4.78 is 0. The Bertz CT molecular complexity index is 556. The van der Waals surface area contributed by atoms with E-state index < -0.39 is 0 Å². The molecule has 0 spiro atoms. The van der Waals surface area contributed by atoms with Crippen molar-refractivity contribution in [2.24, 2.45) is 0 Å². The Morgan fingerprint density at radius 2 is 2.28 bits per heavy atom. The molecule has 2 N–H and O–H groups in total. The van der Waals surface area contributed by atoms with Crippen molar-refractivity contribution in [1.29, 1.82) is 0 Å². The molecule has 1 aliphatic heterocycles. The first-order valence-electron chi connectivity index (χ1n) is 6.30. The van der Waals surface area contributed by atoms with Gasteiger partial charge in [0.25, 0.3) is 0 Å². The molecule has 1 atom stereocenters. The highest BCUT2D eigenvalue weighted by atomic mass is 35.5. The molecule has 2 aromatic rings. The van der Waals surface area contributed by atoms with Crippen LogP contribution in [0.4, 0.5) is 0 Å². The van der Waals surface area contributed by atoms with Crippen LogP contribution in [-0.4, -0.2) is 16.7 Å². The molecule has 94 valence electrons. The van der Waals surface area contributed by atoms with Crippen LogP contribution in [0.15, 0.2) is 24.3 Å². The average molecular weight is 262 g/mol. The smallest absolute Gasteiger partial charge is 0.0927 e. The van der Waals surface area contributed by atoms with Crippen LogP contribution in [0.1, 0.15) is 30.1 Å². The second-order valence-corrected chi connectivity index (χ2v) is 5.18. The van der Waals surface area contributed by atoms with Gasteiger partial charge in [0, 0.05) is 16.6 Å². The van der Waals surface area contributed by atoms with Crippen molar-refractivity contribution in [1.82, 2.24) is 15.5 Å². The number of hydrogen-bond donors (Lipinski definition) is 2. The van der Waals surface area contributed by atoms with Gasteiger partial charge in [-0.15, -0.1) is 0 Å². The van der Waals surface area contributed by atoms with Crippen LogP contribution in [0.3, 0.4) is 0 Å². The second-order valence-electron chi connectivity index (χ2n) is 4.77. The summed E-state index contributed by atoms with van der Waals surface area (Å²) in [5.74, 6) is 0. The van der Waals surface area contributed by atoms with Gasteiger partial charge in [-0.25, -0.2) is 0 Å². The van der Waals surface area contributed by atoms with Gasteiger partial charge in [0.05, 0.1) is 11.4 Å². The number of H-pyrrole nitrogens is 1. The minimum atomic E-state index is 0.422. The highest BCUT2D eigenvalue weighted by molar-refractivity contribution is 6.31. The molecule has 0 aliphatic carbocycles. The SMILES string of the molecule is Cc1c(Cl)cccc1-c1cc(C2CCCN2)[nH]n1. The Balaban J connectivity index is 1.95. The van der Waals surface area contributed by atoms with Gasteiger partial charge >= 0.3 is 0 Å². The molecule has 0 bridgehead atoms. The predicted molar refractivity (Wildman–Crippen MR) is 73.7 cm³/mol. The number of nitrogens with zero attached hydrogens (tertiary/aromatic N) is 1. The Morgan fingerprint density at radius 3 is 3.06 bits per heavy atom. The lowest BCUT2D eigenvalue weighted by atomic mass is 10.0. The summed E-state index contributed by atoms with van der Waals surface area (Å²) in [6, 6.07) is 8.48. The van der Waals surface area contributed by atoms with E-state index in [0.717, 1.165) is 28.4 Å². The number of hydrogen-bond acceptors (Lipinski definition) is 2. The number of halogens is 1. The average Bonchev–Trinajstić information content (AvgIpc) is 3.01. The third-order valence-electron chi connectivity index (χ3n) is 3.58. The molecule has 1 fully saturated rings. The first-order valence-corrected chi connectivity index (χ1v) is 6.67. The molecule has 0 radical (unpaired) electrons. The molecule has 4 heteroatoms. The van der Waals surface area contributed by atoms with Crippen LogP contribution in [-0.2, 0) is 0 Å². The predicted octanol–water partition coefficient (Wildman–Crippen LogP) is 3.46. The fraction of sp³-hybridized carbons (Fsp3) is 0.357. The third-order valence-corrected chi connectivity index (χ3v) is 3.99. The van der Waals surface area contributed by atoms with E-state index in [1.165, 1.54) is 18.5 Å². The first kappa shape index (κ1) is 11.8. The summed E-state index contributed by atoms with van der Waals surface area (Å²) in [5, 5.41) is 11.8. The number of benzene rings is 1. The molecule has 1 aromatic heterocycles. The maximum atomic E-state index is 6.15. The third kappa shape index (κ3) is 2.04. The number of rotatable bonds is 2. The fourth-order valence-corrected chi connectivity index (χ4v) is 2.66. The number of aromatic amines is 1. The van der Waals surface area contributed by atoms with E-state index >= 15 is 0 Å². The number of aromatic nitrogens is 2. The highest BCUT2D eigenvalue weighted by Crippen LogP contribution is 2.29. The lowest BCUT2D eigenvalue weighted by Crippen LogP contribution is -2.12. The van der Waals surface area contributed by atoms with E-state index in [-0.39, 0.29) is 0 Å². The van der Waals surface area contributed by atoms with Gasteiger partial charge in [0.2, 0.25) is 0 Å². The van der Waals surface area contributed by atoms with Crippen LogP contribution < -0.4 is 5.32 Å². The second kappa shape index (κ2) is 4.75. The topological polar surface area (TPSA) is 40.7 Å². The van der Waals surface area contributed by atoms with Crippen molar-refractivity contribution in [2.75, 3.05) is 6.54 Å². The fourth-order valence-electron chi connectivity index (χ4n) is 2.49. The molecule has 3 rings (SSSR count). The molecule has 0 saturated carbocycles. The van der Waals surface area contributed by atoms with Gasteiger partial charge in [-0.2, -0.15) is 5.10 Å². The van der Waals surface area contributed by atoms with Crippen molar-refractivity contribution in [3.05, 3.63) is 40.5 Å². The largest absolute Gasteiger partial charge is 0.309 e. The molecule has 1 aliphatic rings. The van der Waals surface area contributed by atoms with Crippen molar-refractivity contribution in [2.45, 2.75) is 25.8 Å². The van der Waals surface area contributed by atoms with Crippen LogP contribution in [0.2, 0.25) is 5.02 Å². The molecule has 1 aromatic carbocycles. The van der Waals surface area contributed by atoms with Gasteiger partial charge < -0.3 is 5.32 Å². The summed E-state index contributed by atoms with van der Waals surface area (Å²) in [4.78, 5) is 0. The Hall–Kier alpha value is -1.32. The van der Waals surface area contributed by atoms with Gasteiger partial charge in [0.15, 0.2) is 0 Å². The minimum Gasteiger partial charge on any atom is -0.309 e. The summed E-state index contributed by atoms with van der Waals surface area (Å²) in [6.45, 7) is 3.12. The molecule has 2 heterocycles. The van der Waals surface area contributed by atoms with E-state index in [1.807, 2.05) is 19.1 Å². The highest BCUT2D eigenvalue weighted by Gasteiger charge is 2.19. The van der Waals surface area contributed by atoms with Crippen LogP contribution in [0.25, 0.3) is 11.3 Å². The lowest BCUT2D eigenvalue weighted by molar-refractivity contribution is 0.625. The van der Waals surface area contributed by atoms with Crippen molar-refractivity contribution in [3.8, 4) is 11.3 Å². The molecule has 1 saturated heterocycles. The van der Waals surface area contributed by atoms with Gasteiger partial charge in [-0.3, -0.25) is 5.10 Å². The van der Waals surface area contributed by atoms with E-state index in [0.29, 0.717) is 6.04 Å². The monoisotopic (exact) mass is 261 g/mol. The Labute approximate surface area is 112 Å². The molecule has 3 nitrogen and oxygen atoms in total. The molecule has 0 amide bonds. The van der Waals surface area contributed by atoms with E-state index in [2.05, 4.69) is 27.6 Å². The van der Waals surface area contributed by atoms with E-state index in [9.17, 15) is 0 Å². The Kier molecular flexibility index (Phi) is 3.10. The first-order chi connectivity index (χ1) is 8.75. The summed E-state index contributed by atoms with van der Waals surface area (Å²) in [7, 11) is 0. The quantitative estimate of drug-likeness (QED) is 0.869. The zero-order valence-corrected chi connectivity index (χ0v) is 11.1. The van der Waals surface area contributed by atoms with E-state index in [1.54, 1.807) is 0 Å². The van der Waals surface area contributed by atoms with Crippen LogP contribution in [0.5, 0.6) is 0 Å². The van der Waals surface area contributed by atoms with Gasteiger partial charge in [0.1, 0.15) is 0 Å². The standard InChI is InChI=1S/C14H16ClN3/c1-9-10(4-2-5-11(9)15)13-8-14(18-17-13)12-6-3-7-16-12/h2,4-5,8,12,16H,3,6-7H2,1H3,(H,17,18). The normalized spacial score (nSPS) is 19.3. The minimum absolute atomic E-state index is 0.422. The zero-order valence-electron chi connectivity index (χ0n) is 10.3. The molecule has 1 unspecified atom stereocenters. The number of nitrogens with one attached hydrogen (secondary N) is 2. The van der Waals surface area contributed by atoms with Crippen molar-refractivity contribution >= 4 is 11.6 Å². The van der Waals surface area contributed by atoms with Crippen molar-refractivity contribution in [3.63, 3.8) is 0 Å². The van der Waals surface area contributed by atoms with Crippen molar-refractivity contribution < 1.29 is 0 Å². The molecular weight excluding hydrogens is 246 g/mol. The van der Waals surface area contributed by atoms with Gasteiger partial charge in [-0.1, -0.05) is 23.7 Å². The maximum Gasteiger partial charge on any atom is 0.0927 e. The summed E-state index contributed by atoms with van der Waals surface area (Å²) in [5.41, 5.74) is 4.32. The molecular formula is C14H16ClN3. The lowest BCUT2D eigenvalue weighted by Gasteiger charge is -2.06. The summed E-state index contributed by atoms with van der Waals surface area (Å²) >= 11 is 6.15. The zero-order chi connectivity index (χ0) is 12.5. The van der Waals surface area contributed by atoms with Crippen LogP contribution in [0, 0.1) is 6.92 Å². The summed E-state index contributed by atoms with van der Waals surface area (Å²) in [6.07, 6.45) is 2.41. The molecule has 18 heavy (non-hydrogen) atoms. The van der Waals surface area contributed by atoms with Gasteiger partial charge in [-0.05, 0) is 44.0 Å². The van der Waals surface area contributed by atoms with Crippen LogP contribution >= 0.6 is 11.6 Å². The Morgan fingerprint density at radius 1 is 1.39 bits per heavy atom.